The van der Waals surface area contributed by atoms with Gasteiger partial charge in [0, 0.05) is 61.8 Å². The molecule has 13 nitrogen and oxygen atoms in total. The summed E-state index contributed by atoms with van der Waals surface area (Å²) in [7, 11) is 0. The first-order valence-corrected chi connectivity index (χ1v) is 18.4. The summed E-state index contributed by atoms with van der Waals surface area (Å²) in [5.41, 5.74) is 3.56. The third-order valence-electron chi connectivity index (χ3n) is 11.4. The van der Waals surface area contributed by atoms with Gasteiger partial charge in [-0.25, -0.2) is 4.98 Å². The van der Waals surface area contributed by atoms with Gasteiger partial charge in [0.1, 0.15) is 23.6 Å². The van der Waals surface area contributed by atoms with Crippen LogP contribution in [0, 0.1) is 5.41 Å². The number of imide groups is 2. The third kappa shape index (κ3) is 6.11. The van der Waals surface area contributed by atoms with E-state index in [0.29, 0.717) is 17.6 Å². The molecule has 1 aliphatic carbocycles. The number of nitrogens with one attached hydrogen (secondary N) is 2. The highest BCUT2D eigenvalue weighted by Crippen LogP contribution is 2.40. The van der Waals surface area contributed by atoms with Gasteiger partial charge in [-0.3, -0.25) is 29.4 Å². The lowest BCUT2D eigenvalue weighted by molar-refractivity contribution is -0.136. The van der Waals surface area contributed by atoms with Crippen molar-refractivity contribution in [3.05, 3.63) is 101 Å². The molecule has 4 amide bonds. The SMILES string of the molecule is CC(C)(c1ccc(Oc2ccnc(N3CC4(COC4)C3)n2)cc1)c1ccc(OC2CC(Nc3ccc4c(c3)C(=O)N(C3CCC(=O)NC3=O)C4=O)C2)cc1. The fraction of sp³-hybridized carbons (Fsp3) is 0.366. The first kappa shape index (κ1) is 34.0. The number of carbonyl (C=O) groups excluding carboxylic acids is 4. The lowest BCUT2D eigenvalue weighted by Gasteiger charge is -2.54. The highest BCUT2D eigenvalue weighted by atomic mass is 16.5. The van der Waals surface area contributed by atoms with E-state index in [2.05, 4.69) is 63.6 Å². The summed E-state index contributed by atoms with van der Waals surface area (Å²) in [5, 5.41) is 5.67. The molecule has 1 saturated carbocycles. The van der Waals surface area contributed by atoms with Crippen molar-refractivity contribution >= 4 is 35.3 Å². The minimum Gasteiger partial charge on any atom is -0.490 e. The number of ether oxygens (including phenoxy) is 3. The number of fused-ring (bicyclic) bond motifs is 1. The summed E-state index contributed by atoms with van der Waals surface area (Å²) in [5.74, 6) is 0.647. The van der Waals surface area contributed by atoms with Crippen LogP contribution < -0.4 is 25.0 Å². The number of aromatic nitrogens is 2. The van der Waals surface area contributed by atoms with Gasteiger partial charge in [-0.1, -0.05) is 38.1 Å². The van der Waals surface area contributed by atoms with Gasteiger partial charge in [-0.05, 0) is 60.0 Å². The van der Waals surface area contributed by atoms with Crippen molar-refractivity contribution < 1.29 is 33.4 Å². The number of nitrogens with zero attached hydrogens (tertiary/aromatic N) is 4. The van der Waals surface area contributed by atoms with E-state index >= 15 is 0 Å². The summed E-state index contributed by atoms with van der Waals surface area (Å²) in [6, 6.07) is 22.3. The van der Waals surface area contributed by atoms with E-state index in [4.69, 9.17) is 14.2 Å². The Kier molecular flexibility index (Phi) is 8.14. The van der Waals surface area contributed by atoms with Gasteiger partial charge in [0.25, 0.3) is 11.8 Å². The predicted molar refractivity (Wildman–Crippen MR) is 197 cm³/mol. The minimum atomic E-state index is -0.986. The summed E-state index contributed by atoms with van der Waals surface area (Å²) in [6.07, 6.45) is 3.54. The molecule has 3 aromatic carbocycles. The number of benzene rings is 3. The zero-order chi connectivity index (χ0) is 37.2. The van der Waals surface area contributed by atoms with Crippen LogP contribution in [0.15, 0.2) is 79.0 Å². The number of hydrogen-bond donors (Lipinski definition) is 2. The average Bonchev–Trinajstić information content (AvgIpc) is 3.35. The lowest BCUT2D eigenvalue weighted by atomic mass is 9.78. The van der Waals surface area contributed by atoms with Crippen LogP contribution in [0.3, 0.4) is 0 Å². The standard InChI is InChI=1S/C41H40N6O7/c1-40(2,25-5-10-29(11-6-25)54-35-15-16-42-39(45-35)46-20-41(21-46)22-52-23-41)24-3-8-28(9-4-24)53-30-17-27(18-30)43-26-7-12-31-32(19-26)38(51)47(37(31)50)33-13-14-34(48)44-36(33)49/h3-12,15-16,19,27,30,33,43H,13-14,17-18,20-23H2,1-2H3,(H,44,48,49). The normalized spacial score (nSPS) is 22.9. The second-order valence-corrected chi connectivity index (χ2v) is 15.6. The number of amides is 4. The zero-order valence-electron chi connectivity index (χ0n) is 30.0. The van der Waals surface area contributed by atoms with Crippen LogP contribution in [-0.4, -0.2) is 83.0 Å². The molecule has 54 heavy (non-hydrogen) atoms. The number of piperidine rings is 1. The van der Waals surface area contributed by atoms with Crippen LogP contribution in [0.25, 0.3) is 0 Å². The molecule has 4 fully saturated rings. The van der Waals surface area contributed by atoms with Crippen LogP contribution in [0.5, 0.6) is 17.4 Å². The largest absolute Gasteiger partial charge is 0.490 e. The average molecular weight is 729 g/mol. The molecule has 2 N–H and O–H groups in total. The molecule has 0 radical (unpaired) electrons. The predicted octanol–water partition coefficient (Wildman–Crippen LogP) is 4.85. The highest BCUT2D eigenvalue weighted by Gasteiger charge is 2.50. The number of carbonyl (C=O) groups is 4. The molecule has 1 atom stereocenters. The van der Waals surface area contributed by atoms with E-state index < -0.39 is 29.7 Å². The van der Waals surface area contributed by atoms with E-state index in [1.807, 2.05) is 24.3 Å². The Morgan fingerprint density at radius 1 is 0.870 bits per heavy atom. The van der Waals surface area contributed by atoms with E-state index in [1.165, 1.54) is 0 Å². The summed E-state index contributed by atoms with van der Waals surface area (Å²) < 4.78 is 17.8. The van der Waals surface area contributed by atoms with Crippen LogP contribution in [0.1, 0.15) is 71.4 Å². The smallest absolute Gasteiger partial charge is 0.262 e. The van der Waals surface area contributed by atoms with Gasteiger partial charge in [0.15, 0.2) is 0 Å². The molecule has 1 spiro atoms. The molecule has 1 aromatic heterocycles. The van der Waals surface area contributed by atoms with Gasteiger partial charge >= 0.3 is 0 Å². The van der Waals surface area contributed by atoms with Crippen LogP contribution in [-0.2, 0) is 19.7 Å². The van der Waals surface area contributed by atoms with Gasteiger partial charge in [0.05, 0.1) is 29.8 Å². The molecule has 9 rings (SSSR count). The monoisotopic (exact) mass is 728 g/mol. The van der Waals surface area contributed by atoms with Crippen molar-refractivity contribution in [2.24, 2.45) is 5.41 Å². The molecule has 5 aliphatic rings. The molecule has 1 unspecified atom stereocenters. The van der Waals surface area contributed by atoms with Crippen molar-refractivity contribution in [1.29, 1.82) is 0 Å². The Morgan fingerprint density at radius 3 is 2.22 bits per heavy atom. The molecular weight excluding hydrogens is 688 g/mol. The van der Waals surface area contributed by atoms with Crippen molar-refractivity contribution in [3.8, 4) is 17.4 Å². The minimum absolute atomic E-state index is 0.0421. The number of hydrogen-bond acceptors (Lipinski definition) is 11. The Morgan fingerprint density at radius 2 is 1.56 bits per heavy atom. The Hall–Kier alpha value is -5.82. The fourth-order valence-electron chi connectivity index (χ4n) is 7.97. The molecule has 4 aromatic rings. The Bertz CT molecular complexity index is 2150. The summed E-state index contributed by atoms with van der Waals surface area (Å²) in [4.78, 5) is 62.3. The molecule has 3 saturated heterocycles. The number of rotatable bonds is 10. The van der Waals surface area contributed by atoms with Gasteiger partial charge < -0.3 is 24.4 Å². The van der Waals surface area contributed by atoms with E-state index in [1.54, 1.807) is 30.5 Å². The second-order valence-electron chi connectivity index (χ2n) is 15.6. The van der Waals surface area contributed by atoms with E-state index in [0.717, 1.165) is 66.6 Å². The maximum atomic E-state index is 13.2. The first-order valence-electron chi connectivity index (χ1n) is 18.4. The maximum absolute atomic E-state index is 13.2. The zero-order valence-corrected chi connectivity index (χ0v) is 30.0. The third-order valence-corrected chi connectivity index (χ3v) is 11.4. The lowest BCUT2D eigenvalue weighted by Crippen LogP contribution is -2.66. The Balaban J connectivity index is 0.765. The fourth-order valence-corrected chi connectivity index (χ4v) is 7.97. The topological polar surface area (TPSA) is 152 Å². The molecule has 4 aliphatic heterocycles. The van der Waals surface area contributed by atoms with Crippen LogP contribution in [0.2, 0.25) is 0 Å². The van der Waals surface area contributed by atoms with Crippen molar-refractivity contribution in [1.82, 2.24) is 20.2 Å². The van der Waals surface area contributed by atoms with Crippen molar-refractivity contribution in [2.75, 3.05) is 36.5 Å². The van der Waals surface area contributed by atoms with Gasteiger partial charge in [-0.15, -0.1) is 0 Å². The highest BCUT2D eigenvalue weighted by molar-refractivity contribution is 6.23. The maximum Gasteiger partial charge on any atom is 0.262 e. The van der Waals surface area contributed by atoms with Crippen molar-refractivity contribution in [2.45, 2.75) is 63.1 Å². The molecule has 0 bridgehead atoms. The van der Waals surface area contributed by atoms with E-state index in [-0.39, 0.29) is 46.9 Å². The summed E-state index contributed by atoms with van der Waals surface area (Å²) in [6.45, 7) is 7.84. The van der Waals surface area contributed by atoms with Gasteiger partial charge in [-0.2, -0.15) is 4.98 Å². The van der Waals surface area contributed by atoms with E-state index in [9.17, 15) is 19.2 Å². The summed E-state index contributed by atoms with van der Waals surface area (Å²) >= 11 is 0. The molecule has 276 valence electrons. The molecule has 13 heteroatoms. The number of anilines is 2. The quantitative estimate of drug-likeness (QED) is 0.216. The first-order chi connectivity index (χ1) is 26.0. The molecular formula is C41H40N6O7. The second kappa shape index (κ2) is 12.9. The van der Waals surface area contributed by atoms with Crippen LogP contribution >= 0.6 is 0 Å². The van der Waals surface area contributed by atoms with Gasteiger partial charge in [0.2, 0.25) is 23.6 Å². The Labute approximate surface area is 312 Å². The molecule has 5 heterocycles. The van der Waals surface area contributed by atoms with Crippen LogP contribution in [0.4, 0.5) is 11.6 Å². The van der Waals surface area contributed by atoms with Crippen molar-refractivity contribution in [3.63, 3.8) is 0 Å².